The third kappa shape index (κ3) is 3.70. The molecular weight excluding hydrogens is 218 g/mol. The maximum absolute atomic E-state index is 11.8. The molecule has 5 heteroatoms. The minimum absolute atomic E-state index is 0.0156. The van der Waals surface area contributed by atoms with Crippen LogP contribution in [0.4, 0.5) is 0 Å². The molecule has 0 aliphatic carbocycles. The molecule has 1 unspecified atom stereocenters. The summed E-state index contributed by atoms with van der Waals surface area (Å²) in [5.74, 6) is 0.179. The van der Waals surface area contributed by atoms with E-state index in [0.717, 1.165) is 12.8 Å². The first kappa shape index (κ1) is 14.0. The van der Waals surface area contributed by atoms with E-state index in [1.165, 1.54) is 0 Å². The SMILES string of the molecule is CCNC(=O)C1CCN(C(=O)C(N)CC)CC1. The van der Waals surface area contributed by atoms with Crippen LogP contribution in [0.3, 0.4) is 0 Å². The Morgan fingerprint density at radius 2 is 1.94 bits per heavy atom. The van der Waals surface area contributed by atoms with Crippen molar-refractivity contribution >= 4 is 11.8 Å². The number of rotatable bonds is 4. The molecule has 0 aromatic heterocycles. The van der Waals surface area contributed by atoms with Gasteiger partial charge in [-0.15, -0.1) is 0 Å². The number of carbonyl (C=O) groups is 2. The summed E-state index contributed by atoms with van der Waals surface area (Å²) >= 11 is 0. The Balaban J connectivity index is 2.40. The topological polar surface area (TPSA) is 75.4 Å². The summed E-state index contributed by atoms with van der Waals surface area (Å²) in [5, 5.41) is 2.83. The highest BCUT2D eigenvalue weighted by Gasteiger charge is 2.28. The number of carbonyl (C=O) groups excluding carboxylic acids is 2. The predicted molar refractivity (Wildman–Crippen MR) is 66.3 cm³/mol. The molecule has 3 N–H and O–H groups in total. The van der Waals surface area contributed by atoms with Gasteiger partial charge in [-0.3, -0.25) is 9.59 Å². The first-order valence-electron chi connectivity index (χ1n) is 6.42. The molecule has 0 saturated carbocycles. The zero-order chi connectivity index (χ0) is 12.8. The lowest BCUT2D eigenvalue weighted by atomic mass is 9.95. The number of amides is 2. The monoisotopic (exact) mass is 241 g/mol. The third-order valence-electron chi connectivity index (χ3n) is 3.29. The van der Waals surface area contributed by atoms with Gasteiger partial charge in [-0.2, -0.15) is 0 Å². The standard InChI is InChI=1S/C12H23N3O2/c1-3-10(13)12(17)15-7-5-9(6-8-15)11(16)14-4-2/h9-10H,3-8,13H2,1-2H3,(H,14,16). The van der Waals surface area contributed by atoms with Crippen LogP contribution in [0, 0.1) is 5.92 Å². The summed E-state index contributed by atoms with van der Waals surface area (Å²) < 4.78 is 0. The molecule has 1 heterocycles. The molecule has 1 aliphatic rings. The summed E-state index contributed by atoms with van der Waals surface area (Å²) in [6.45, 7) is 5.78. The van der Waals surface area contributed by atoms with Gasteiger partial charge >= 0.3 is 0 Å². The van der Waals surface area contributed by atoms with E-state index in [1.54, 1.807) is 4.90 Å². The largest absolute Gasteiger partial charge is 0.356 e. The molecule has 1 aliphatic heterocycles. The van der Waals surface area contributed by atoms with Gasteiger partial charge in [-0.05, 0) is 26.2 Å². The van der Waals surface area contributed by atoms with Crippen LogP contribution >= 0.6 is 0 Å². The van der Waals surface area contributed by atoms with Crippen molar-refractivity contribution in [2.24, 2.45) is 11.7 Å². The van der Waals surface area contributed by atoms with Gasteiger partial charge in [0, 0.05) is 25.6 Å². The Kier molecular flexibility index (Phi) is 5.41. The third-order valence-corrected chi connectivity index (χ3v) is 3.29. The minimum atomic E-state index is -0.393. The fourth-order valence-electron chi connectivity index (χ4n) is 2.09. The minimum Gasteiger partial charge on any atom is -0.356 e. The number of nitrogens with one attached hydrogen (secondary N) is 1. The number of likely N-dealkylation sites (tertiary alicyclic amines) is 1. The molecule has 1 fully saturated rings. The van der Waals surface area contributed by atoms with Crippen LogP contribution in [0.2, 0.25) is 0 Å². The molecule has 1 rings (SSSR count). The van der Waals surface area contributed by atoms with Crippen molar-refractivity contribution in [2.45, 2.75) is 39.2 Å². The first-order valence-corrected chi connectivity index (χ1v) is 6.42. The molecule has 2 amide bonds. The van der Waals surface area contributed by atoms with Crippen molar-refractivity contribution in [1.82, 2.24) is 10.2 Å². The fourth-order valence-corrected chi connectivity index (χ4v) is 2.09. The van der Waals surface area contributed by atoms with Crippen LogP contribution in [0.5, 0.6) is 0 Å². The van der Waals surface area contributed by atoms with E-state index in [0.29, 0.717) is 26.1 Å². The average molecular weight is 241 g/mol. The molecule has 0 aromatic carbocycles. The lowest BCUT2D eigenvalue weighted by Crippen LogP contribution is -2.48. The van der Waals surface area contributed by atoms with Crippen molar-refractivity contribution in [1.29, 1.82) is 0 Å². The predicted octanol–water partition coefficient (Wildman–Crippen LogP) is 0.0984. The lowest BCUT2D eigenvalue weighted by Gasteiger charge is -2.32. The molecule has 5 nitrogen and oxygen atoms in total. The van der Waals surface area contributed by atoms with Crippen molar-refractivity contribution in [2.75, 3.05) is 19.6 Å². The number of piperidine rings is 1. The molecule has 17 heavy (non-hydrogen) atoms. The van der Waals surface area contributed by atoms with E-state index in [2.05, 4.69) is 5.32 Å². The van der Waals surface area contributed by atoms with Gasteiger partial charge in [0.15, 0.2) is 0 Å². The first-order chi connectivity index (χ1) is 8.10. The molecule has 1 atom stereocenters. The molecular formula is C12H23N3O2. The normalized spacial score (nSPS) is 18.9. The molecule has 1 saturated heterocycles. The smallest absolute Gasteiger partial charge is 0.239 e. The molecule has 98 valence electrons. The Labute approximate surface area is 103 Å². The van der Waals surface area contributed by atoms with Crippen molar-refractivity contribution in [3.63, 3.8) is 0 Å². The molecule has 0 radical (unpaired) electrons. The zero-order valence-electron chi connectivity index (χ0n) is 10.7. The number of hydrogen-bond acceptors (Lipinski definition) is 3. The summed E-state index contributed by atoms with van der Waals surface area (Å²) in [4.78, 5) is 25.2. The van der Waals surface area contributed by atoms with Crippen LogP contribution in [-0.4, -0.2) is 42.4 Å². The Morgan fingerprint density at radius 1 is 1.35 bits per heavy atom. The highest BCUT2D eigenvalue weighted by molar-refractivity contribution is 5.82. The number of hydrogen-bond donors (Lipinski definition) is 2. The number of nitrogens with two attached hydrogens (primary N) is 1. The van der Waals surface area contributed by atoms with Gasteiger partial charge in [0.05, 0.1) is 6.04 Å². The van der Waals surface area contributed by atoms with E-state index in [4.69, 9.17) is 5.73 Å². The highest BCUT2D eigenvalue weighted by Crippen LogP contribution is 2.18. The van der Waals surface area contributed by atoms with Gasteiger partial charge in [-0.25, -0.2) is 0 Å². The number of nitrogens with zero attached hydrogens (tertiary/aromatic N) is 1. The summed E-state index contributed by atoms with van der Waals surface area (Å²) in [5.41, 5.74) is 5.72. The van der Waals surface area contributed by atoms with Crippen LogP contribution in [-0.2, 0) is 9.59 Å². The highest BCUT2D eigenvalue weighted by atomic mass is 16.2. The molecule has 0 aromatic rings. The lowest BCUT2D eigenvalue weighted by molar-refractivity contribution is -0.136. The van der Waals surface area contributed by atoms with Crippen molar-refractivity contribution in [3.05, 3.63) is 0 Å². The van der Waals surface area contributed by atoms with E-state index in [-0.39, 0.29) is 17.7 Å². The van der Waals surface area contributed by atoms with Gasteiger partial charge in [0.1, 0.15) is 0 Å². The zero-order valence-corrected chi connectivity index (χ0v) is 10.7. The maximum Gasteiger partial charge on any atom is 0.239 e. The Bertz CT molecular complexity index is 273. The second kappa shape index (κ2) is 6.59. The fraction of sp³-hybridized carbons (Fsp3) is 0.833. The van der Waals surface area contributed by atoms with Crippen LogP contribution < -0.4 is 11.1 Å². The second-order valence-corrected chi connectivity index (χ2v) is 4.51. The van der Waals surface area contributed by atoms with E-state index >= 15 is 0 Å². The van der Waals surface area contributed by atoms with E-state index in [1.807, 2.05) is 13.8 Å². The quantitative estimate of drug-likeness (QED) is 0.733. The van der Waals surface area contributed by atoms with E-state index < -0.39 is 6.04 Å². The van der Waals surface area contributed by atoms with Crippen molar-refractivity contribution < 1.29 is 9.59 Å². The van der Waals surface area contributed by atoms with Gasteiger partial charge < -0.3 is 16.0 Å². The maximum atomic E-state index is 11.8. The van der Waals surface area contributed by atoms with Gasteiger partial charge in [0.25, 0.3) is 0 Å². The van der Waals surface area contributed by atoms with Crippen molar-refractivity contribution in [3.8, 4) is 0 Å². The second-order valence-electron chi connectivity index (χ2n) is 4.51. The Morgan fingerprint density at radius 3 is 2.41 bits per heavy atom. The summed E-state index contributed by atoms with van der Waals surface area (Å²) in [7, 11) is 0. The molecule has 0 spiro atoms. The molecule has 0 bridgehead atoms. The average Bonchev–Trinajstić information content (AvgIpc) is 2.37. The Hall–Kier alpha value is -1.10. The van der Waals surface area contributed by atoms with Gasteiger partial charge in [0.2, 0.25) is 11.8 Å². The van der Waals surface area contributed by atoms with E-state index in [9.17, 15) is 9.59 Å². The summed E-state index contributed by atoms with van der Waals surface area (Å²) in [6.07, 6.45) is 2.15. The van der Waals surface area contributed by atoms with Gasteiger partial charge in [-0.1, -0.05) is 6.92 Å². The van der Waals surface area contributed by atoms with Crippen LogP contribution in [0.25, 0.3) is 0 Å². The summed E-state index contributed by atoms with van der Waals surface area (Å²) in [6, 6.07) is -0.393. The van der Waals surface area contributed by atoms with Crippen LogP contribution in [0.1, 0.15) is 33.1 Å². The van der Waals surface area contributed by atoms with Crippen LogP contribution in [0.15, 0.2) is 0 Å².